The Morgan fingerprint density at radius 3 is 2.55 bits per heavy atom. The van der Waals surface area contributed by atoms with E-state index in [1.165, 1.54) is 23.4 Å². The maximum Gasteiger partial charge on any atom is 0.238 e. The van der Waals surface area contributed by atoms with E-state index in [1.807, 2.05) is 6.07 Å². The van der Waals surface area contributed by atoms with Crippen molar-refractivity contribution in [1.29, 1.82) is 5.26 Å². The second-order valence-electron chi connectivity index (χ2n) is 7.31. The highest BCUT2D eigenvalue weighted by molar-refractivity contribution is 7.89. The minimum atomic E-state index is -3.81. The predicted octanol–water partition coefficient (Wildman–Crippen LogP) is 2.14. The molecule has 0 aliphatic carbocycles. The Hall–Kier alpha value is -2.60. The van der Waals surface area contributed by atoms with Crippen molar-refractivity contribution in [2.75, 3.05) is 49.5 Å². The van der Waals surface area contributed by atoms with Crippen LogP contribution in [0.15, 0.2) is 47.4 Å². The number of nitrogens with zero attached hydrogens (tertiary/aromatic N) is 3. The van der Waals surface area contributed by atoms with Crippen molar-refractivity contribution in [2.24, 2.45) is 5.14 Å². The van der Waals surface area contributed by atoms with Gasteiger partial charge in [-0.1, -0.05) is 12.1 Å². The summed E-state index contributed by atoms with van der Waals surface area (Å²) < 4.78 is 22.8. The van der Waals surface area contributed by atoms with E-state index in [1.54, 1.807) is 6.07 Å². The lowest BCUT2D eigenvalue weighted by Crippen LogP contribution is -2.46. The molecule has 3 rings (SSSR count). The summed E-state index contributed by atoms with van der Waals surface area (Å²) in [4.78, 5) is 4.82. The van der Waals surface area contributed by atoms with E-state index in [0.29, 0.717) is 12.2 Å². The number of hydrogen-bond donors (Lipinski definition) is 2. The molecule has 0 spiro atoms. The molecule has 0 atom stereocenters. The highest BCUT2D eigenvalue weighted by Gasteiger charge is 2.17. The molecule has 3 N–H and O–H groups in total. The first-order valence-electron chi connectivity index (χ1n) is 9.71. The van der Waals surface area contributed by atoms with Gasteiger partial charge < -0.3 is 10.2 Å². The van der Waals surface area contributed by atoms with Crippen LogP contribution in [0.2, 0.25) is 0 Å². The summed E-state index contributed by atoms with van der Waals surface area (Å²) in [6, 6.07) is 15.0. The van der Waals surface area contributed by atoms with E-state index >= 15 is 0 Å². The van der Waals surface area contributed by atoms with Gasteiger partial charge in [0.25, 0.3) is 0 Å². The van der Waals surface area contributed by atoms with Gasteiger partial charge in [-0.25, -0.2) is 13.6 Å². The van der Waals surface area contributed by atoms with Crippen molar-refractivity contribution in [3.63, 3.8) is 0 Å². The number of hydrogen-bond acceptors (Lipinski definition) is 6. The summed E-state index contributed by atoms with van der Waals surface area (Å²) in [7, 11) is -3.81. The van der Waals surface area contributed by atoms with Crippen molar-refractivity contribution in [2.45, 2.75) is 18.2 Å². The third-order valence-electron chi connectivity index (χ3n) is 5.15. The minimum absolute atomic E-state index is 0.0499. The van der Waals surface area contributed by atoms with Gasteiger partial charge in [0.1, 0.15) is 6.07 Å². The third-order valence-corrected chi connectivity index (χ3v) is 6.06. The monoisotopic (exact) mass is 413 g/mol. The highest BCUT2D eigenvalue weighted by atomic mass is 32.2. The van der Waals surface area contributed by atoms with Gasteiger partial charge in [-0.2, -0.15) is 5.26 Å². The lowest BCUT2D eigenvalue weighted by molar-refractivity contribution is 0.257. The molecule has 1 heterocycles. The quantitative estimate of drug-likeness (QED) is 0.674. The number of nitrogens with two attached hydrogens (primary N) is 1. The number of primary sulfonamides is 1. The van der Waals surface area contributed by atoms with Gasteiger partial charge in [-0.3, -0.25) is 4.90 Å². The Bertz CT molecular complexity index is 992. The number of benzene rings is 2. The SMILES string of the molecule is Cc1cccc(N2CCN(CCCNc3ccc(S(N)(=O)=O)cc3C#N)CC2)c1. The van der Waals surface area contributed by atoms with Crippen LogP contribution in [-0.4, -0.2) is 52.6 Å². The Morgan fingerprint density at radius 2 is 1.90 bits per heavy atom. The maximum atomic E-state index is 11.4. The van der Waals surface area contributed by atoms with E-state index < -0.39 is 10.0 Å². The summed E-state index contributed by atoms with van der Waals surface area (Å²) in [5, 5.41) is 17.6. The summed E-state index contributed by atoms with van der Waals surface area (Å²) >= 11 is 0. The van der Waals surface area contributed by atoms with Gasteiger partial charge in [0, 0.05) is 38.4 Å². The Labute approximate surface area is 172 Å². The summed E-state index contributed by atoms with van der Waals surface area (Å²) in [5.41, 5.74) is 3.48. The first-order chi connectivity index (χ1) is 13.9. The van der Waals surface area contributed by atoms with Crippen molar-refractivity contribution >= 4 is 21.4 Å². The third kappa shape index (κ3) is 5.70. The van der Waals surface area contributed by atoms with Crippen molar-refractivity contribution in [3.8, 4) is 6.07 Å². The van der Waals surface area contributed by atoms with Crippen LogP contribution in [-0.2, 0) is 10.0 Å². The fraction of sp³-hybridized carbons (Fsp3) is 0.381. The second kappa shape index (κ2) is 9.27. The number of nitrogens with one attached hydrogen (secondary N) is 1. The van der Waals surface area contributed by atoms with Gasteiger partial charge in [0.2, 0.25) is 10.0 Å². The van der Waals surface area contributed by atoms with Crippen LogP contribution < -0.4 is 15.4 Å². The van der Waals surface area contributed by atoms with E-state index in [2.05, 4.69) is 46.3 Å². The number of nitriles is 1. The molecule has 1 aliphatic rings. The minimum Gasteiger partial charge on any atom is -0.384 e. The van der Waals surface area contributed by atoms with Crippen LogP contribution in [0.25, 0.3) is 0 Å². The Kier molecular flexibility index (Phi) is 6.75. The molecule has 0 unspecified atom stereocenters. The van der Waals surface area contributed by atoms with E-state index in [9.17, 15) is 13.7 Å². The summed E-state index contributed by atoms with van der Waals surface area (Å²) in [6.45, 7) is 7.90. The van der Waals surface area contributed by atoms with E-state index in [0.717, 1.165) is 39.1 Å². The van der Waals surface area contributed by atoms with Gasteiger partial charge in [-0.15, -0.1) is 0 Å². The molecule has 0 radical (unpaired) electrons. The lowest BCUT2D eigenvalue weighted by atomic mass is 10.2. The van der Waals surface area contributed by atoms with Crippen LogP contribution in [0, 0.1) is 18.3 Å². The predicted molar refractivity (Wildman–Crippen MR) is 115 cm³/mol. The lowest BCUT2D eigenvalue weighted by Gasteiger charge is -2.36. The molecular formula is C21H27N5O2S. The Balaban J connectivity index is 1.44. The number of anilines is 2. The molecule has 7 nitrogen and oxygen atoms in total. The Morgan fingerprint density at radius 1 is 1.14 bits per heavy atom. The van der Waals surface area contributed by atoms with Crippen molar-refractivity contribution < 1.29 is 8.42 Å². The van der Waals surface area contributed by atoms with E-state index in [-0.39, 0.29) is 10.5 Å². The average Bonchev–Trinajstić information content (AvgIpc) is 2.71. The average molecular weight is 414 g/mol. The molecule has 0 saturated carbocycles. The normalized spacial score (nSPS) is 15.1. The van der Waals surface area contributed by atoms with Crippen LogP contribution in [0.1, 0.15) is 17.5 Å². The maximum absolute atomic E-state index is 11.4. The van der Waals surface area contributed by atoms with Crippen LogP contribution in [0.4, 0.5) is 11.4 Å². The molecule has 1 fully saturated rings. The summed E-state index contributed by atoms with van der Waals surface area (Å²) in [5.74, 6) is 0. The second-order valence-corrected chi connectivity index (χ2v) is 8.87. The zero-order valence-electron chi connectivity index (χ0n) is 16.6. The molecule has 2 aromatic rings. The van der Waals surface area contributed by atoms with Gasteiger partial charge in [0.15, 0.2) is 0 Å². The van der Waals surface area contributed by atoms with Crippen molar-refractivity contribution in [1.82, 2.24) is 4.90 Å². The largest absolute Gasteiger partial charge is 0.384 e. The zero-order chi connectivity index (χ0) is 20.9. The molecule has 0 aromatic heterocycles. The van der Waals surface area contributed by atoms with Gasteiger partial charge in [-0.05, 0) is 55.8 Å². The fourth-order valence-corrected chi connectivity index (χ4v) is 4.07. The smallest absolute Gasteiger partial charge is 0.238 e. The molecular weight excluding hydrogens is 386 g/mol. The summed E-state index contributed by atoms with van der Waals surface area (Å²) in [6.07, 6.45) is 0.937. The van der Waals surface area contributed by atoms with Crippen LogP contribution >= 0.6 is 0 Å². The van der Waals surface area contributed by atoms with Crippen molar-refractivity contribution in [3.05, 3.63) is 53.6 Å². The van der Waals surface area contributed by atoms with Gasteiger partial charge in [0.05, 0.1) is 16.1 Å². The highest BCUT2D eigenvalue weighted by Crippen LogP contribution is 2.20. The number of sulfonamides is 1. The van der Waals surface area contributed by atoms with Gasteiger partial charge >= 0.3 is 0 Å². The molecule has 1 aliphatic heterocycles. The molecule has 8 heteroatoms. The molecule has 1 saturated heterocycles. The zero-order valence-corrected chi connectivity index (χ0v) is 17.5. The fourth-order valence-electron chi connectivity index (χ4n) is 3.53. The molecule has 0 amide bonds. The number of rotatable bonds is 7. The molecule has 154 valence electrons. The topological polar surface area (TPSA) is 102 Å². The number of piperazine rings is 1. The molecule has 0 bridgehead atoms. The van der Waals surface area contributed by atoms with Crippen LogP contribution in [0.5, 0.6) is 0 Å². The number of aryl methyl sites for hydroxylation is 1. The standard InChI is InChI=1S/C21H27N5O2S/c1-17-4-2-5-19(14-17)26-12-10-25(11-13-26)9-3-8-24-21-7-6-20(29(23,27)28)15-18(21)16-22/h2,4-7,14-15,24H,3,8-13H2,1H3,(H2,23,27,28). The van der Waals surface area contributed by atoms with Crippen LogP contribution in [0.3, 0.4) is 0 Å². The first-order valence-corrected chi connectivity index (χ1v) is 11.3. The molecule has 2 aromatic carbocycles. The molecule has 29 heavy (non-hydrogen) atoms. The first kappa shape index (κ1) is 21.1. The van der Waals surface area contributed by atoms with E-state index in [4.69, 9.17) is 5.14 Å².